The molecule has 0 aliphatic rings. The zero-order valence-electron chi connectivity index (χ0n) is 42.4. The first-order valence-corrected chi connectivity index (χ1v) is 26.0. The van der Waals surface area contributed by atoms with Crippen LogP contribution in [0.4, 0.5) is 34.1 Å². The normalized spacial score (nSPS) is 12.7. The van der Waals surface area contributed by atoms with E-state index < -0.39 is 0 Å². The minimum Gasteiger partial charge on any atom is -0.308 e. The van der Waals surface area contributed by atoms with Gasteiger partial charge in [0.15, 0.2) is 0 Å². The molecule has 0 aliphatic heterocycles. The third-order valence-corrected chi connectivity index (χ3v) is 16.0. The maximum atomic E-state index is 5.80. The van der Waals surface area contributed by atoms with E-state index >= 15 is 0 Å². The van der Waals surface area contributed by atoms with Crippen LogP contribution in [-0.4, -0.2) is 13.8 Å². The fourth-order valence-corrected chi connectivity index (χ4v) is 12.5. The van der Waals surface area contributed by atoms with Crippen molar-refractivity contribution in [3.05, 3.63) is 224 Å². The highest BCUT2D eigenvalue weighted by molar-refractivity contribution is 6.38. The Hall–Kier alpha value is -8.93. The van der Waals surface area contributed by atoms with Crippen LogP contribution in [0.2, 0.25) is 0 Å². The van der Waals surface area contributed by atoms with Gasteiger partial charge in [0.25, 0.3) is 0 Å². The second kappa shape index (κ2) is 15.3. The lowest BCUT2D eigenvalue weighted by Gasteiger charge is -2.28. The lowest BCUT2D eigenvalue weighted by atomic mass is 9.84. The first-order chi connectivity index (χ1) is 36.0. The minimum atomic E-state index is -0.138. The van der Waals surface area contributed by atoms with Crippen LogP contribution < -0.4 is 9.80 Å². The summed E-state index contributed by atoms with van der Waals surface area (Å²) < 4.78 is 5.11. The summed E-state index contributed by atoms with van der Waals surface area (Å²) in [6.45, 7) is 14.1. The van der Waals surface area contributed by atoms with Crippen LogP contribution >= 0.6 is 0 Å². The Kier molecular flexibility index (Phi) is 8.83. The SMILES string of the molecule is CC(C)(C)c1cc2c3c4c5cc(C(C)(C)C)cc6c7cc8ccccc8c(N(c8ccccc8)c8ccccc8)c7n(c4ncc3n3c4c(N(c7ccccc7)c7ccccc7)cc7ccccc7c4c(c1)c23)c65. The van der Waals surface area contributed by atoms with Gasteiger partial charge in [0.1, 0.15) is 5.65 Å². The number of rotatable bonds is 6. The zero-order valence-corrected chi connectivity index (χ0v) is 42.4. The fraction of sp³-hybridized carbons (Fsp3) is 0.116. The number of pyridine rings is 1. The highest BCUT2D eigenvalue weighted by Gasteiger charge is 2.33. The Morgan fingerprint density at radius 2 is 0.784 bits per heavy atom. The summed E-state index contributed by atoms with van der Waals surface area (Å²) in [6, 6.07) is 76.1. The lowest BCUT2D eigenvalue weighted by molar-refractivity contribution is 0.591. The second-order valence-electron chi connectivity index (χ2n) is 22.4. The average Bonchev–Trinajstić information content (AvgIpc) is 4.26. The maximum Gasteiger partial charge on any atom is 0.146 e. The maximum absolute atomic E-state index is 5.80. The number of aromatic nitrogens is 3. The molecule has 0 atom stereocenters. The van der Waals surface area contributed by atoms with Crippen molar-refractivity contribution in [2.45, 2.75) is 52.4 Å². The van der Waals surface area contributed by atoms with Gasteiger partial charge in [-0.15, -0.1) is 0 Å². The van der Waals surface area contributed by atoms with E-state index in [4.69, 9.17) is 4.98 Å². The van der Waals surface area contributed by atoms with Gasteiger partial charge in [0, 0.05) is 71.2 Å². The molecule has 15 aromatic rings. The van der Waals surface area contributed by atoms with Crippen molar-refractivity contribution in [3.63, 3.8) is 0 Å². The number of anilines is 6. The summed E-state index contributed by atoms with van der Waals surface area (Å²) in [4.78, 5) is 10.7. The van der Waals surface area contributed by atoms with Crippen LogP contribution in [0, 0.1) is 0 Å². The minimum absolute atomic E-state index is 0.137. The number of para-hydroxylation sites is 4. The summed E-state index contributed by atoms with van der Waals surface area (Å²) in [5.41, 5.74) is 15.8. The summed E-state index contributed by atoms with van der Waals surface area (Å²) >= 11 is 0. The van der Waals surface area contributed by atoms with E-state index in [1.54, 1.807) is 0 Å². The van der Waals surface area contributed by atoms with E-state index in [1.165, 1.54) is 92.3 Å². The average molecular weight is 952 g/mol. The highest BCUT2D eigenvalue weighted by atomic mass is 15.2. The largest absolute Gasteiger partial charge is 0.308 e. The molecule has 0 saturated carbocycles. The Balaban J connectivity index is 1.19. The van der Waals surface area contributed by atoms with Gasteiger partial charge in [-0.05, 0) is 123 Å². The Labute approximate surface area is 429 Å². The molecule has 10 aromatic carbocycles. The summed E-state index contributed by atoms with van der Waals surface area (Å²) in [6.07, 6.45) is 2.19. The van der Waals surface area contributed by atoms with Crippen LogP contribution in [0.3, 0.4) is 0 Å². The molecule has 5 nitrogen and oxygen atoms in total. The van der Waals surface area contributed by atoms with Crippen molar-refractivity contribution in [2.24, 2.45) is 0 Å². The molecule has 5 heterocycles. The van der Waals surface area contributed by atoms with Gasteiger partial charge in [0.05, 0.1) is 45.2 Å². The molecular weight excluding hydrogens is 899 g/mol. The number of nitrogens with zero attached hydrogens (tertiary/aromatic N) is 5. The van der Waals surface area contributed by atoms with Crippen molar-refractivity contribution in [3.8, 4) is 0 Å². The summed E-state index contributed by atoms with van der Waals surface area (Å²) in [5.74, 6) is 0. The van der Waals surface area contributed by atoms with Gasteiger partial charge in [-0.2, -0.15) is 0 Å². The first-order valence-electron chi connectivity index (χ1n) is 26.0. The van der Waals surface area contributed by atoms with E-state index in [0.717, 1.165) is 50.8 Å². The standard InChI is InChI=1S/C69H53N5/c1-68(2,3)44-37-53-52-35-42-23-20-22-34-51(42)64(72(48-29-15-9-16-30-48)49-31-17-10-18-32-49)65(52)74-62(53)56(40-44)61-60-55-39-45(69(4,5)6)38-54-59-50-33-21-19-24-43(50)36-57(66(59)73(63(54)55)58(60)41-70-67(61)74)71(46-25-11-7-12-26-46)47-27-13-8-14-28-47/h7-41H,1-6H3. The zero-order chi connectivity index (χ0) is 49.8. The van der Waals surface area contributed by atoms with Gasteiger partial charge in [0.2, 0.25) is 0 Å². The van der Waals surface area contributed by atoms with Gasteiger partial charge < -0.3 is 14.2 Å². The predicted molar refractivity (Wildman–Crippen MR) is 315 cm³/mol. The van der Waals surface area contributed by atoms with E-state index in [9.17, 15) is 0 Å². The Morgan fingerprint density at radius 3 is 1.34 bits per heavy atom. The van der Waals surface area contributed by atoms with E-state index in [0.29, 0.717) is 0 Å². The van der Waals surface area contributed by atoms with Crippen LogP contribution in [0.5, 0.6) is 0 Å². The lowest BCUT2D eigenvalue weighted by Crippen LogP contribution is -2.11. The topological polar surface area (TPSA) is 28.2 Å². The highest BCUT2D eigenvalue weighted by Crippen LogP contribution is 2.54. The van der Waals surface area contributed by atoms with Gasteiger partial charge >= 0.3 is 0 Å². The molecule has 15 rings (SSSR count). The second-order valence-corrected chi connectivity index (χ2v) is 22.4. The Morgan fingerprint density at radius 1 is 0.351 bits per heavy atom. The van der Waals surface area contributed by atoms with Crippen LogP contribution in [0.1, 0.15) is 52.7 Å². The molecule has 354 valence electrons. The summed E-state index contributed by atoms with van der Waals surface area (Å²) in [5, 5.41) is 14.7. The van der Waals surface area contributed by atoms with Gasteiger partial charge in [-0.25, -0.2) is 4.98 Å². The number of hydrogen-bond acceptors (Lipinski definition) is 3. The van der Waals surface area contributed by atoms with E-state index in [2.05, 4.69) is 273 Å². The molecule has 0 radical (unpaired) electrons. The van der Waals surface area contributed by atoms with Crippen molar-refractivity contribution in [1.82, 2.24) is 13.8 Å². The smallest absolute Gasteiger partial charge is 0.146 e. The van der Waals surface area contributed by atoms with Crippen LogP contribution in [0.15, 0.2) is 212 Å². The molecule has 0 amide bonds. The molecule has 0 spiro atoms. The third kappa shape index (κ3) is 5.95. The molecule has 0 N–H and O–H groups in total. The van der Waals surface area contributed by atoms with Crippen LogP contribution in [0.25, 0.3) is 97.9 Å². The number of hydrogen-bond donors (Lipinski definition) is 0. The first kappa shape index (κ1) is 42.7. The quantitative estimate of drug-likeness (QED) is 0.166. The number of benzene rings is 10. The molecule has 5 heteroatoms. The van der Waals surface area contributed by atoms with Crippen LogP contribution in [-0.2, 0) is 10.8 Å². The molecule has 74 heavy (non-hydrogen) atoms. The van der Waals surface area contributed by atoms with Crippen molar-refractivity contribution < 1.29 is 0 Å². The third-order valence-electron chi connectivity index (χ3n) is 16.0. The predicted octanol–water partition coefficient (Wildman–Crippen LogP) is 19.2. The molecule has 0 unspecified atom stereocenters. The van der Waals surface area contributed by atoms with E-state index in [1.807, 2.05) is 0 Å². The fourth-order valence-electron chi connectivity index (χ4n) is 12.5. The van der Waals surface area contributed by atoms with Gasteiger partial charge in [-0.3, -0.25) is 4.40 Å². The molecule has 0 saturated heterocycles. The van der Waals surface area contributed by atoms with Crippen molar-refractivity contribution in [2.75, 3.05) is 9.80 Å². The Bertz CT molecular complexity index is 4600. The molecule has 0 aliphatic carbocycles. The number of fused-ring (bicyclic) bond motifs is 16. The van der Waals surface area contributed by atoms with E-state index in [-0.39, 0.29) is 10.8 Å². The molecule has 0 fully saturated rings. The van der Waals surface area contributed by atoms with Crippen molar-refractivity contribution in [1.29, 1.82) is 0 Å². The molecule has 0 bridgehead atoms. The van der Waals surface area contributed by atoms with Gasteiger partial charge in [-0.1, -0.05) is 163 Å². The monoisotopic (exact) mass is 951 g/mol. The molecule has 5 aromatic heterocycles. The molecular formula is C69H53N5. The van der Waals surface area contributed by atoms with Crippen molar-refractivity contribution >= 4 is 132 Å². The summed E-state index contributed by atoms with van der Waals surface area (Å²) in [7, 11) is 0.